The van der Waals surface area contributed by atoms with Crippen molar-refractivity contribution in [1.29, 1.82) is 0 Å². The number of unbranched alkanes of at least 4 members (excludes halogenated alkanes) is 4. The van der Waals surface area contributed by atoms with E-state index >= 15 is 0 Å². The van der Waals surface area contributed by atoms with Gasteiger partial charge in [0.2, 0.25) is 0 Å². The number of ether oxygens (including phenoxy) is 1. The fraction of sp³-hybridized carbons (Fsp3) is 0.818. The van der Waals surface area contributed by atoms with E-state index in [-0.39, 0.29) is 12.6 Å². The van der Waals surface area contributed by atoms with Crippen LogP contribution in [0.25, 0.3) is 0 Å². The molecule has 0 aromatic carbocycles. The summed E-state index contributed by atoms with van der Waals surface area (Å²) in [5.74, 6) is -0.817. The zero-order valence-electron chi connectivity index (χ0n) is 9.33. The number of carbonyl (C=O) groups excluding carboxylic acids is 2. The van der Waals surface area contributed by atoms with Crippen LogP contribution in [0.3, 0.4) is 0 Å². The van der Waals surface area contributed by atoms with Gasteiger partial charge in [-0.15, -0.1) is 0 Å². The Morgan fingerprint density at radius 3 is 2.40 bits per heavy atom. The molecule has 0 aromatic rings. The lowest BCUT2D eigenvalue weighted by molar-refractivity contribution is -0.148. The molecule has 0 aliphatic heterocycles. The number of aliphatic hydroxyl groups is 1. The molecule has 0 saturated carbocycles. The number of esters is 1. The van der Waals surface area contributed by atoms with Gasteiger partial charge < -0.3 is 9.84 Å². The van der Waals surface area contributed by atoms with Crippen LogP contribution in [-0.4, -0.2) is 30.1 Å². The van der Waals surface area contributed by atoms with Crippen LogP contribution in [0.15, 0.2) is 0 Å². The third-order valence-corrected chi connectivity index (χ3v) is 2.05. The van der Waals surface area contributed by atoms with Crippen LogP contribution in [0.1, 0.15) is 45.4 Å². The number of ketones is 1. The number of hydrogen-bond acceptors (Lipinski definition) is 4. The number of Topliss-reactive ketones (excluding diaryl/α,β-unsaturated/α-hetero) is 1. The normalized spacial score (nSPS) is 10.0. The molecule has 4 heteroatoms. The summed E-state index contributed by atoms with van der Waals surface area (Å²) in [5.41, 5.74) is 0. The molecule has 0 amide bonds. The lowest BCUT2D eigenvalue weighted by Gasteiger charge is -2.02. The minimum absolute atomic E-state index is 0.301. The van der Waals surface area contributed by atoms with E-state index in [1.54, 1.807) is 0 Å². The number of aliphatic hydroxyl groups excluding tert-OH is 1. The third-order valence-electron chi connectivity index (χ3n) is 2.05. The molecule has 0 bridgehead atoms. The zero-order chi connectivity index (χ0) is 11.5. The zero-order valence-corrected chi connectivity index (χ0v) is 9.33. The Morgan fingerprint density at radius 1 is 1.13 bits per heavy atom. The Morgan fingerprint density at radius 2 is 1.80 bits per heavy atom. The van der Waals surface area contributed by atoms with Crippen LogP contribution in [0.4, 0.5) is 0 Å². The van der Waals surface area contributed by atoms with Crippen molar-refractivity contribution in [3.8, 4) is 0 Å². The van der Waals surface area contributed by atoms with Crippen molar-refractivity contribution < 1.29 is 19.4 Å². The summed E-state index contributed by atoms with van der Waals surface area (Å²) in [4.78, 5) is 21.6. The predicted molar refractivity (Wildman–Crippen MR) is 56.4 cm³/mol. The van der Waals surface area contributed by atoms with Crippen LogP contribution >= 0.6 is 0 Å². The molecule has 4 nitrogen and oxygen atoms in total. The van der Waals surface area contributed by atoms with E-state index in [2.05, 4.69) is 11.7 Å². The monoisotopic (exact) mass is 216 g/mol. The molecule has 15 heavy (non-hydrogen) atoms. The molecule has 0 radical (unpaired) electrons. The maximum Gasteiger partial charge on any atom is 0.306 e. The molecule has 0 rings (SSSR count). The Kier molecular flexibility index (Phi) is 9.07. The first-order valence-electron chi connectivity index (χ1n) is 5.49. The third kappa shape index (κ3) is 9.41. The molecule has 88 valence electrons. The van der Waals surface area contributed by atoms with Gasteiger partial charge >= 0.3 is 5.97 Å². The highest BCUT2D eigenvalue weighted by Gasteiger charge is 2.05. The van der Waals surface area contributed by atoms with Gasteiger partial charge in [-0.1, -0.05) is 32.6 Å². The van der Waals surface area contributed by atoms with E-state index in [1.165, 1.54) is 12.8 Å². The van der Waals surface area contributed by atoms with Crippen molar-refractivity contribution in [2.24, 2.45) is 0 Å². The van der Waals surface area contributed by atoms with Crippen LogP contribution in [0.2, 0.25) is 0 Å². The summed E-state index contributed by atoms with van der Waals surface area (Å²) in [6, 6.07) is 0. The average Bonchev–Trinajstić information content (AvgIpc) is 2.25. The van der Waals surface area contributed by atoms with Crippen LogP contribution in [0, 0.1) is 0 Å². The molecule has 0 aliphatic carbocycles. The van der Waals surface area contributed by atoms with Crippen LogP contribution in [-0.2, 0) is 14.3 Å². The second-order valence-corrected chi connectivity index (χ2v) is 3.52. The molecule has 0 heterocycles. The maximum atomic E-state index is 11.0. The van der Waals surface area contributed by atoms with Crippen molar-refractivity contribution in [3.05, 3.63) is 0 Å². The fourth-order valence-electron chi connectivity index (χ4n) is 1.15. The first-order chi connectivity index (χ1) is 7.20. The molecule has 0 atom stereocenters. The van der Waals surface area contributed by atoms with Crippen molar-refractivity contribution >= 4 is 11.8 Å². The molecular formula is C11H20O4. The van der Waals surface area contributed by atoms with Gasteiger partial charge in [-0.2, -0.15) is 0 Å². The molecule has 0 unspecified atom stereocenters. The Bertz CT molecular complexity index is 189. The van der Waals surface area contributed by atoms with Gasteiger partial charge in [0.1, 0.15) is 6.61 Å². The molecule has 0 aromatic heterocycles. The first-order valence-corrected chi connectivity index (χ1v) is 5.49. The Balaban J connectivity index is 3.30. The van der Waals surface area contributed by atoms with Gasteiger partial charge in [0.05, 0.1) is 0 Å². The topological polar surface area (TPSA) is 63.6 Å². The maximum absolute atomic E-state index is 11.0. The summed E-state index contributed by atoms with van der Waals surface area (Å²) < 4.78 is 4.65. The lowest BCUT2D eigenvalue weighted by atomic mass is 10.1. The Labute approximate surface area is 90.6 Å². The number of carbonyl (C=O) groups is 2. The largest absolute Gasteiger partial charge is 0.458 e. The molecule has 0 fully saturated rings. The van der Waals surface area contributed by atoms with E-state index < -0.39 is 12.4 Å². The Hall–Kier alpha value is -0.900. The van der Waals surface area contributed by atoms with Gasteiger partial charge in [0.25, 0.3) is 0 Å². The second-order valence-electron chi connectivity index (χ2n) is 3.52. The summed E-state index contributed by atoms with van der Waals surface area (Å²) in [6.07, 6.45) is 5.71. The lowest BCUT2D eigenvalue weighted by Crippen LogP contribution is -2.16. The average molecular weight is 216 g/mol. The van der Waals surface area contributed by atoms with Crippen LogP contribution < -0.4 is 0 Å². The summed E-state index contributed by atoms with van der Waals surface area (Å²) in [6.45, 7) is 1.27. The van der Waals surface area contributed by atoms with E-state index in [4.69, 9.17) is 5.11 Å². The van der Waals surface area contributed by atoms with E-state index in [9.17, 15) is 9.59 Å². The summed E-state index contributed by atoms with van der Waals surface area (Å²) >= 11 is 0. The predicted octanol–water partition coefficient (Wildman–Crippen LogP) is 1.45. The fourth-order valence-corrected chi connectivity index (χ4v) is 1.15. The van der Waals surface area contributed by atoms with Gasteiger partial charge in [0, 0.05) is 6.42 Å². The first kappa shape index (κ1) is 14.1. The minimum atomic E-state index is -0.566. The van der Waals surface area contributed by atoms with Crippen LogP contribution in [0.5, 0.6) is 0 Å². The van der Waals surface area contributed by atoms with Gasteiger partial charge in [-0.25, -0.2) is 0 Å². The highest BCUT2D eigenvalue weighted by molar-refractivity contribution is 5.83. The van der Waals surface area contributed by atoms with Crippen molar-refractivity contribution in [2.75, 3.05) is 13.2 Å². The number of hydrogen-bond donors (Lipinski definition) is 1. The van der Waals surface area contributed by atoms with E-state index in [1.807, 2.05) is 0 Å². The van der Waals surface area contributed by atoms with Gasteiger partial charge in [0.15, 0.2) is 12.4 Å². The minimum Gasteiger partial charge on any atom is -0.458 e. The summed E-state index contributed by atoms with van der Waals surface area (Å²) in [7, 11) is 0. The van der Waals surface area contributed by atoms with Gasteiger partial charge in [-0.05, 0) is 6.42 Å². The molecule has 0 spiro atoms. The molecule has 0 aliphatic rings. The smallest absolute Gasteiger partial charge is 0.306 e. The van der Waals surface area contributed by atoms with E-state index in [0.29, 0.717) is 6.42 Å². The molecule has 0 saturated heterocycles. The molecular weight excluding hydrogens is 196 g/mol. The SMILES string of the molecule is CCCCCCCC(=O)OCC(=O)CO. The number of rotatable bonds is 9. The quantitative estimate of drug-likeness (QED) is 0.468. The van der Waals surface area contributed by atoms with E-state index in [0.717, 1.165) is 19.3 Å². The van der Waals surface area contributed by atoms with Crippen molar-refractivity contribution in [3.63, 3.8) is 0 Å². The second kappa shape index (κ2) is 9.65. The highest BCUT2D eigenvalue weighted by Crippen LogP contribution is 2.05. The summed E-state index contributed by atoms with van der Waals surface area (Å²) in [5, 5.41) is 8.38. The highest BCUT2D eigenvalue weighted by atomic mass is 16.5. The standard InChI is InChI=1S/C11H20O4/c1-2-3-4-5-6-7-11(14)15-9-10(13)8-12/h12H,2-9H2,1H3. The van der Waals surface area contributed by atoms with Gasteiger partial charge in [-0.3, -0.25) is 9.59 Å². The molecule has 1 N–H and O–H groups in total. The van der Waals surface area contributed by atoms with Crippen molar-refractivity contribution in [1.82, 2.24) is 0 Å². The van der Waals surface area contributed by atoms with Crippen molar-refractivity contribution in [2.45, 2.75) is 45.4 Å².